The molecule has 2 N–H and O–H groups in total. The van der Waals surface area contributed by atoms with E-state index >= 15 is 0 Å². The molecule has 11 heteroatoms. The fourth-order valence-corrected chi connectivity index (χ4v) is 4.49. The summed E-state index contributed by atoms with van der Waals surface area (Å²) in [5.74, 6) is 2.57. The van der Waals surface area contributed by atoms with Crippen molar-refractivity contribution in [1.29, 1.82) is 0 Å². The quantitative estimate of drug-likeness (QED) is 0.546. The van der Waals surface area contributed by atoms with Crippen LogP contribution in [0.15, 0.2) is 24.5 Å². The second kappa shape index (κ2) is 9.54. The highest BCUT2D eigenvalue weighted by Gasteiger charge is 2.38. The number of anilines is 4. The minimum absolute atomic E-state index is 0.0546. The number of ether oxygens (including phenoxy) is 1. The van der Waals surface area contributed by atoms with Crippen LogP contribution in [-0.4, -0.2) is 81.0 Å². The van der Waals surface area contributed by atoms with E-state index in [1.165, 1.54) is 6.92 Å². The molecule has 2 fully saturated rings. The number of halogens is 1. The Morgan fingerprint density at radius 3 is 2.77 bits per heavy atom. The maximum absolute atomic E-state index is 14.4. The maximum atomic E-state index is 14.4. The zero-order valence-corrected chi connectivity index (χ0v) is 20.5. The first-order chi connectivity index (χ1) is 16.9. The molecule has 3 aromatic heterocycles. The average molecular weight is 485 g/mol. The van der Waals surface area contributed by atoms with Gasteiger partial charge in [0.15, 0.2) is 5.82 Å². The zero-order valence-electron chi connectivity index (χ0n) is 20.5. The topological polar surface area (TPSA) is 104 Å². The van der Waals surface area contributed by atoms with Crippen LogP contribution >= 0.6 is 0 Å². The predicted octanol–water partition coefficient (Wildman–Crippen LogP) is 3.07. The number of pyridine rings is 1. The van der Waals surface area contributed by atoms with Gasteiger partial charge in [-0.2, -0.15) is 10.1 Å². The molecular formula is C24H33FN8O2. The Morgan fingerprint density at radius 1 is 1.23 bits per heavy atom. The van der Waals surface area contributed by atoms with Crippen molar-refractivity contribution < 1.29 is 14.2 Å². The Hall–Kier alpha value is -3.05. The van der Waals surface area contributed by atoms with Crippen LogP contribution in [0.25, 0.3) is 10.9 Å². The van der Waals surface area contributed by atoms with E-state index in [0.29, 0.717) is 43.8 Å². The fraction of sp³-hybridized carbons (Fsp3) is 0.583. The average Bonchev–Trinajstić information content (AvgIpc) is 3.25. The Balaban J connectivity index is 1.41. The van der Waals surface area contributed by atoms with E-state index in [1.54, 1.807) is 17.2 Å². The van der Waals surface area contributed by atoms with E-state index in [9.17, 15) is 9.50 Å². The second-order valence-electron chi connectivity index (χ2n) is 9.60. The number of morpholine rings is 1. The Bertz CT molecular complexity index is 1180. The molecule has 0 bridgehead atoms. The number of fused-ring (bicyclic) bond motifs is 1. The van der Waals surface area contributed by atoms with Crippen LogP contribution in [0.2, 0.25) is 0 Å². The number of aliphatic hydroxyl groups is 1. The summed E-state index contributed by atoms with van der Waals surface area (Å²) in [5.41, 5.74) is -0.309. The first-order valence-electron chi connectivity index (χ1n) is 12.3. The van der Waals surface area contributed by atoms with Gasteiger partial charge in [-0.05, 0) is 32.8 Å². The molecule has 5 heterocycles. The van der Waals surface area contributed by atoms with Crippen LogP contribution in [0.4, 0.5) is 27.8 Å². The number of aromatic nitrogens is 5. The van der Waals surface area contributed by atoms with E-state index in [0.717, 1.165) is 36.2 Å². The molecule has 0 spiro atoms. The molecule has 0 amide bonds. The summed E-state index contributed by atoms with van der Waals surface area (Å²) >= 11 is 0. The van der Waals surface area contributed by atoms with Crippen molar-refractivity contribution in [1.82, 2.24) is 24.7 Å². The monoisotopic (exact) mass is 484 g/mol. The van der Waals surface area contributed by atoms with Crippen molar-refractivity contribution in [3.05, 3.63) is 24.5 Å². The normalized spacial score (nSPS) is 24.1. The minimum Gasteiger partial charge on any atom is -0.387 e. The highest BCUT2D eigenvalue weighted by Crippen LogP contribution is 2.32. The van der Waals surface area contributed by atoms with Gasteiger partial charge in [-0.15, -0.1) is 0 Å². The summed E-state index contributed by atoms with van der Waals surface area (Å²) < 4.78 is 22.0. The van der Waals surface area contributed by atoms with Crippen LogP contribution < -0.4 is 15.1 Å². The van der Waals surface area contributed by atoms with E-state index in [2.05, 4.69) is 43.7 Å². The molecule has 0 saturated carbocycles. The van der Waals surface area contributed by atoms with Gasteiger partial charge in [0.2, 0.25) is 5.95 Å². The number of hydrogen-bond donors (Lipinski definition) is 2. The number of nitrogens with zero attached hydrogens (tertiary/aromatic N) is 7. The first-order valence-corrected chi connectivity index (χ1v) is 12.3. The minimum atomic E-state index is -1.36. The summed E-state index contributed by atoms with van der Waals surface area (Å²) in [6, 6.07) is 3.99. The number of piperidine rings is 1. The van der Waals surface area contributed by atoms with Crippen molar-refractivity contribution in [2.75, 3.05) is 54.5 Å². The van der Waals surface area contributed by atoms with Gasteiger partial charge in [0.05, 0.1) is 36.3 Å². The molecular weight excluding hydrogens is 451 g/mol. The largest absolute Gasteiger partial charge is 0.387 e. The number of hydrogen-bond acceptors (Lipinski definition) is 9. The molecule has 35 heavy (non-hydrogen) atoms. The molecule has 0 aliphatic carbocycles. The molecule has 2 aliphatic rings. The van der Waals surface area contributed by atoms with E-state index < -0.39 is 11.8 Å². The molecule has 188 valence electrons. The first kappa shape index (κ1) is 23.7. The van der Waals surface area contributed by atoms with Crippen molar-refractivity contribution in [2.45, 2.75) is 51.4 Å². The van der Waals surface area contributed by atoms with Crippen LogP contribution in [0.1, 0.15) is 39.7 Å². The molecule has 2 saturated heterocycles. The highest BCUT2D eigenvalue weighted by atomic mass is 19.1. The van der Waals surface area contributed by atoms with Gasteiger partial charge in [-0.1, -0.05) is 6.92 Å². The van der Waals surface area contributed by atoms with Gasteiger partial charge in [0, 0.05) is 44.1 Å². The lowest BCUT2D eigenvalue weighted by atomic mass is 9.92. The van der Waals surface area contributed by atoms with Gasteiger partial charge < -0.3 is 25.0 Å². The second-order valence-corrected chi connectivity index (χ2v) is 9.60. The Morgan fingerprint density at radius 2 is 2.03 bits per heavy atom. The number of nitrogens with one attached hydrogen (secondary N) is 1. The third-order valence-corrected chi connectivity index (χ3v) is 7.02. The summed E-state index contributed by atoms with van der Waals surface area (Å²) in [4.78, 5) is 17.5. The van der Waals surface area contributed by atoms with Gasteiger partial charge in [-0.25, -0.2) is 14.4 Å². The summed E-state index contributed by atoms with van der Waals surface area (Å²) in [7, 11) is 0. The van der Waals surface area contributed by atoms with Crippen LogP contribution in [0.5, 0.6) is 0 Å². The highest BCUT2D eigenvalue weighted by molar-refractivity contribution is 5.92. The summed E-state index contributed by atoms with van der Waals surface area (Å²) in [5, 5.41) is 19.4. The van der Waals surface area contributed by atoms with Gasteiger partial charge in [0.25, 0.3) is 0 Å². The van der Waals surface area contributed by atoms with Crippen LogP contribution in [0, 0.1) is 0 Å². The Labute approximate surface area is 204 Å². The summed E-state index contributed by atoms with van der Waals surface area (Å²) in [6.07, 6.45) is 3.42. The zero-order chi connectivity index (χ0) is 24.6. The van der Waals surface area contributed by atoms with E-state index in [1.807, 2.05) is 12.3 Å². The third-order valence-electron chi connectivity index (χ3n) is 7.02. The van der Waals surface area contributed by atoms with E-state index in [4.69, 9.17) is 9.84 Å². The molecule has 5 rings (SSSR count). The SMILES string of the molecule is CC[C@H](C)n1nc(N2CCOCC2)c2cnc(Nc3ccnc(N4CC[C@@](C)(O)[C@@H](F)C4)n3)cc21. The van der Waals surface area contributed by atoms with Gasteiger partial charge in [0.1, 0.15) is 17.8 Å². The molecule has 0 aromatic carbocycles. The Kier molecular flexibility index (Phi) is 6.45. The molecule has 0 radical (unpaired) electrons. The maximum Gasteiger partial charge on any atom is 0.227 e. The van der Waals surface area contributed by atoms with Gasteiger partial charge in [-0.3, -0.25) is 4.68 Å². The lowest BCUT2D eigenvalue weighted by molar-refractivity contribution is -0.0332. The van der Waals surface area contributed by atoms with Crippen molar-refractivity contribution in [3.63, 3.8) is 0 Å². The summed E-state index contributed by atoms with van der Waals surface area (Å²) in [6.45, 7) is 9.38. The lowest BCUT2D eigenvalue weighted by Crippen LogP contribution is -2.52. The predicted molar refractivity (Wildman–Crippen MR) is 133 cm³/mol. The molecule has 0 unspecified atom stereocenters. The van der Waals surface area contributed by atoms with Crippen LogP contribution in [-0.2, 0) is 4.74 Å². The third kappa shape index (κ3) is 4.74. The standard InChI is InChI=1S/C24H33FN8O2/c1-4-16(2)33-18-13-21(27-14-17(18)22(30-33)31-9-11-35-12-10-31)28-20-5-7-26-23(29-20)32-8-6-24(3,34)19(25)15-32/h5,7,13-14,16,19,34H,4,6,8-12,15H2,1-3H3,(H,26,27,28,29)/t16-,19-,24+/m0/s1. The molecule has 10 nitrogen and oxygen atoms in total. The van der Waals surface area contributed by atoms with Crippen molar-refractivity contribution in [3.8, 4) is 0 Å². The lowest BCUT2D eigenvalue weighted by Gasteiger charge is -2.38. The fourth-order valence-electron chi connectivity index (χ4n) is 4.49. The van der Waals surface area contributed by atoms with Crippen LogP contribution in [0.3, 0.4) is 0 Å². The van der Waals surface area contributed by atoms with Gasteiger partial charge >= 0.3 is 0 Å². The molecule has 2 aliphatic heterocycles. The smallest absolute Gasteiger partial charge is 0.227 e. The van der Waals surface area contributed by atoms with Crippen molar-refractivity contribution >= 4 is 34.3 Å². The number of rotatable bonds is 6. The van der Waals surface area contributed by atoms with Crippen molar-refractivity contribution in [2.24, 2.45) is 0 Å². The molecule has 3 aromatic rings. The molecule has 3 atom stereocenters. The van der Waals surface area contributed by atoms with E-state index in [-0.39, 0.29) is 12.6 Å². The number of alkyl halides is 1.